The number of benzene rings is 2. The van der Waals surface area contributed by atoms with E-state index in [2.05, 4.69) is 21.0 Å². The van der Waals surface area contributed by atoms with E-state index in [1.807, 2.05) is 32.9 Å². The quantitative estimate of drug-likeness (QED) is 0.591. The third-order valence-electron chi connectivity index (χ3n) is 5.10. The van der Waals surface area contributed by atoms with Gasteiger partial charge in [0.05, 0.1) is 17.1 Å². The molecule has 2 heterocycles. The number of carbonyl (C=O) groups excluding carboxylic acids is 2. The van der Waals surface area contributed by atoms with E-state index >= 15 is 0 Å². The van der Waals surface area contributed by atoms with E-state index in [4.69, 9.17) is 0 Å². The molecule has 0 radical (unpaired) electrons. The normalized spacial score (nSPS) is 13.4. The number of hydrogen-bond acceptors (Lipinski definition) is 3. The summed E-state index contributed by atoms with van der Waals surface area (Å²) in [4.78, 5) is 24.8. The largest absolute Gasteiger partial charge is 0.352 e. The first-order valence-electron chi connectivity index (χ1n) is 10.1. The van der Waals surface area contributed by atoms with E-state index in [9.17, 15) is 14.0 Å². The molecule has 3 amide bonds. The highest BCUT2D eigenvalue weighted by Gasteiger charge is 2.23. The van der Waals surface area contributed by atoms with Gasteiger partial charge in [-0.2, -0.15) is 5.10 Å². The van der Waals surface area contributed by atoms with Gasteiger partial charge in [0.15, 0.2) is 0 Å². The molecule has 2 aromatic carbocycles. The van der Waals surface area contributed by atoms with Crippen LogP contribution in [-0.2, 0) is 11.8 Å². The van der Waals surface area contributed by atoms with Crippen LogP contribution in [0.3, 0.4) is 0 Å². The summed E-state index contributed by atoms with van der Waals surface area (Å²) in [6, 6.07) is 12.7. The molecule has 0 fully saturated rings. The Morgan fingerprint density at radius 3 is 2.65 bits per heavy atom. The molecule has 3 aromatic rings. The summed E-state index contributed by atoms with van der Waals surface area (Å²) >= 11 is 0. The molecule has 3 N–H and O–H groups in total. The predicted octanol–water partition coefficient (Wildman–Crippen LogP) is 4.24. The lowest BCUT2D eigenvalue weighted by Crippen LogP contribution is -2.31. The Labute approximate surface area is 179 Å². The standard InChI is InChI=1S/C23H24FN5O2/c1-23(2,3)19-13-20(27-22(31)26-18-7-5-4-6-17(18)24)29(28-19)15-9-8-14-10-11-25-21(30)16(14)12-15/h4-9,12-13H,10-11H2,1-3H3,(H,25,30)(H2,26,27,31). The second-order valence-corrected chi connectivity index (χ2v) is 8.48. The molecular formula is C23H24FN5O2. The van der Waals surface area contributed by atoms with Crippen LogP contribution in [0.5, 0.6) is 0 Å². The van der Waals surface area contributed by atoms with Gasteiger partial charge in [-0.1, -0.05) is 39.0 Å². The Morgan fingerprint density at radius 1 is 1.13 bits per heavy atom. The van der Waals surface area contributed by atoms with Crippen LogP contribution in [0.2, 0.25) is 0 Å². The molecule has 0 atom stereocenters. The van der Waals surface area contributed by atoms with Crippen LogP contribution in [0, 0.1) is 5.82 Å². The Balaban J connectivity index is 1.69. The first-order chi connectivity index (χ1) is 14.7. The molecule has 0 spiro atoms. The number of aromatic nitrogens is 2. The molecule has 160 valence electrons. The van der Waals surface area contributed by atoms with Crippen LogP contribution in [-0.4, -0.2) is 28.3 Å². The first-order valence-corrected chi connectivity index (χ1v) is 10.1. The average molecular weight is 421 g/mol. The zero-order chi connectivity index (χ0) is 22.2. The lowest BCUT2D eigenvalue weighted by molar-refractivity contribution is 0.0946. The number of fused-ring (bicyclic) bond motifs is 1. The SMILES string of the molecule is CC(C)(C)c1cc(NC(=O)Nc2ccccc2F)n(-c2ccc3c(c2)C(=O)NCC3)n1. The van der Waals surface area contributed by atoms with Crippen LogP contribution >= 0.6 is 0 Å². The van der Waals surface area contributed by atoms with Gasteiger partial charge in [-0.05, 0) is 36.2 Å². The number of nitrogens with one attached hydrogen (secondary N) is 3. The fourth-order valence-corrected chi connectivity index (χ4v) is 3.40. The summed E-state index contributed by atoms with van der Waals surface area (Å²) in [7, 11) is 0. The van der Waals surface area contributed by atoms with Crippen LogP contribution in [0.25, 0.3) is 5.69 Å². The average Bonchev–Trinajstić information content (AvgIpc) is 3.14. The maximum Gasteiger partial charge on any atom is 0.324 e. The van der Waals surface area contributed by atoms with Gasteiger partial charge in [-0.3, -0.25) is 10.1 Å². The van der Waals surface area contributed by atoms with Crippen molar-refractivity contribution in [3.8, 4) is 5.69 Å². The Kier molecular flexibility index (Phi) is 5.22. The molecule has 8 heteroatoms. The van der Waals surface area contributed by atoms with Crippen LogP contribution in [0.15, 0.2) is 48.5 Å². The smallest absolute Gasteiger partial charge is 0.324 e. The summed E-state index contributed by atoms with van der Waals surface area (Å²) in [5, 5.41) is 12.8. The molecule has 0 bridgehead atoms. The van der Waals surface area contributed by atoms with Crippen molar-refractivity contribution in [3.05, 3.63) is 71.2 Å². The van der Waals surface area contributed by atoms with Gasteiger partial charge in [0.25, 0.3) is 5.91 Å². The zero-order valence-electron chi connectivity index (χ0n) is 17.6. The van der Waals surface area contributed by atoms with Gasteiger partial charge in [0, 0.05) is 23.6 Å². The molecule has 0 aliphatic carbocycles. The Bertz CT molecular complexity index is 1160. The third kappa shape index (κ3) is 4.28. The number of rotatable bonds is 3. The van der Waals surface area contributed by atoms with Crippen molar-refractivity contribution in [2.24, 2.45) is 0 Å². The van der Waals surface area contributed by atoms with E-state index in [-0.39, 0.29) is 17.0 Å². The second-order valence-electron chi connectivity index (χ2n) is 8.48. The minimum absolute atomic E-state index is 0.0764. The highest BCUT2D eigenvalue weighted by atomic mass is 19.1. The van der Waals surface area contributed by atoms with Gasteiger partial charge < -0.3 is 10.6 Å². The van der Waals surface area contributed by atoms with E-state index in [0.29, 0.717) is 23.6 Å². The van der Waals surface area contributed by atoms with Crippen molar-refractivity contribution in [2.75, 3.05) is 17.2 Å². The van der Waals surface area contributed by atoms with E-state index in [0.717, 1.165) is 17.7 Å². The molecule has 31 heavy (non-hydrogen) atoms. The van der Waals surface area contributed by atoms with Gasteiger partial charge in [0.2, 0.25) is 0 Å². The Hall–Kier alpha value is -3.68. The summed E-state index contributed by atoms with van der Waals surface area (Å²) in [6.07, 6.45) is 0.768. The van der Waals surface area contributed by atoms with Gasteiger partial charge in [-0.15, -0.1) is 0 Å². The van der Waals surface area contributed by atoms with E-state index in [1.54, 1.807) is 28.9 Å². The minimum Gasteiger partial charge on any atom is -0.352 e. The second kappa shape index (κ2) is 7.86. The molecule has 7 nitrogen and oxygen atoms in total. The van der Waals surface area contributed by atoms with Gasteiger partial charge >= 0.3 is 6.03 Å². The molecule has 0 saturated heterocycles. The monoisotopic (exact) mass is 421 g/mol. The maximum absolute atomic E-state index is 13.9. The van der Waals surface area contributed by atoms with Crippen LogP contribution in [0.4, 0.5) is 20.7 Å². The fourth-order valence-electron chi connectivity index (χ4n) is 3.40. The molecule has 1 aliphatic rings. The lowest BCUT2D eigenvalue weighted by atomic mass is 9.92. The van der Waals surface area contributed by atoms with Crippen LogP contribution in [0.1, 0.15) is 42.4 Å². The number of anilines is 2. The van der Waals surface area contributed by atoms with E-state index in [1.165, 1.54) is 12.1 Å². The molecule has 0 unspecified atom stereocenters. The molecular weight excluding hydrogens is 397 g/mol. The van der Waals surface area contributed by atoms with Crippen molar-refractivity contribution < 1.29 is 14.0 Å². The van der Waals surface area contributed by atoms with Crippen molar-refractivity contribution in [1.82, 2.24) is 15.1 Å². The number of para-hydroxylation sites is 1. The van der Waals surface area contributed by atoms with Crippen molar-refractivity contribution in [2.45, 2.75) is 32.6 Å². The lowest BCUT2D eigenvalue weighted by Gasteiger charge is -2.18. The number of urea groups is 1. The maximum atomic E-state index is 13.9. The highest BCUT2D eigenvalue weighted by Crippen LogP contribution is 2.28. The summed E-state index contributed by atoms with van der Waals surface area (Å²) in [6.45, 7) is 6.67. The Morgan fingerprint density at radius 2 is 1.90 bits per heavy atom. The molecule has 0 saturated carbocycles. The first kappa shape index (κ1) is 20.6. The molecule has 1 aromatic heterocycles. The number of carbonyl (C=O) groups is 2. The van der Waals surface area contributed by atoms with Crippen molar-refractivity contribution in [1.29, 1.82) is 0 Å². The van der Waals surface area contributed by atoms with E-state index < -0.39 is 11.8 Å². The highest BCUT2D eigenvalue weighted by molar-refractivity contribution is 6.00. The summed E-state index contributed by atoms with van der Waals surface area (Å²) in [5.74, 6) is -0.240. The number of halogens is 1. The zero-order valence-corrected chi connectivity index (χ0v) is 17.6. The van der Waals surface area contributed by atoms with Gasteiger partial charge in [-0.25, -0.2) is 13.9 Å². The number of nitrogens with zero attached hydrogens (tertiary/aromatic N) is 2. The molecule has 1 aliphatic heterocycles. The molecule has 4 rings (SSSR count). The number of amides is 3. The van der Waals surface area contributed by atoms with Crippen LogP contribution < -0.4 is 16.0 Å². The predicted molar refractivity (Wildman–Crippen MR) is 117 cm³/mol. The summed E-state index contributed by atoms with van der Waals surface area (Å²) < 4.78 is 15.5. The minimum atomic E-state index is -0.595. The van der Waals surface area contributed by atoms with Crippen molar-refractivity contribution >= 4 is 23.4 Å². The number of hydrogen-bond donors (Lipinski definition) is 3. The topological polar surface area (TPSA) is 88.0 Å². The summed E-state index contributed by atoms with van der Waals surface area (Å²) in [5.41, 5.74) is 2.78. The van der Waals surface area contributed by atoms with Crippen molar-refractivity contribution in [3.63, 3.8) is 0 Å². The third-order valence-corrected chi connectivity index (χ3v) is 5.10. The fraction of sp³-hybridized carbons (Fsp3) is 0.261. The van der Waals surface area contributed by atoms with Gasteiger partial charge in [0.1, 0.15) is 11.6 Å².